The van der Waals surface area contributed by atoms with Crippen molar-refractivity contribution in [2.24, 2.45) is 0 Å². The molecule has 0 saturated carbocycles. The third-order valence-electron chi connectivity index (χ3n) is 2.80. The summed E-state index contributed by atoms with van der Waals surface area (Å²) in [7, 11) is 2.00. The molecule has 1 aromatic carbocycles. The maximum absolute atomic E-state index is 5.60. The van der Waals surface area contributed by atoms with Gasteiger partial charge in [-0.1, -0.05) is 30.3 Å². The minimum atomic E-state index is 0.595. The minimum absolute atomic E-state index is 0.595. The van der Waals surface area contributed by atoms with Gasteiger partial charge in [0.2, 0.25) is 0 Å². The molecule has 1 atom stereocenters. The zero-order valence-electron chi connectivity index (χ0n) is 10.4. The molecule has 0 radical (unpaired) electrons. The molecule has 0 aliphatic rings. The minimum Gasteiger partial charge on any atom is -0.381 e. The van der Waals surface area contributed by atoms with Gasteiger partial charge in [0.05, 0.1) is 6.61 Å². The lowest BCUT2D eigenvalue weighted by Gasteiger charge is -2.09. The Morgan fingerprint density at radius 1 is 1.19 bits per heavy atom. The van der Waals surface area contributed by atoms with Crippen molar-refractivity contribution in [3.63, 3.8) is 0 Å². The largest absolute Gasteiger partial charge is 0.381 e. The van der Waals surface area contributed by atoms with Crippen LogP contribution >= 0.6 is 0 Å². The highest BCUT2D eigenvalue weighted by Gasteiger charge is 1.97. The fraction of sp³-hybridized carbons (Fsp3) is 0.571. The monoisotopic (exact) mass is 221 g/mol. The lowest BCUT2D eigenvalue weighted by molar-refractivity contribution is 0.131. The Kier molecular flexibility index (Phi) is 6.86. The van der Waals surface area contributed by atoms with Gasteiger partial charge in [0.15, 0.2) is 0 Å². The number of rotatable bonds is 8. The highest BCUT2D eigenvalue weighted by atomic mass is 16.5. The molecule has 0 aromatic heterocycles. The highest BCUT2D eigenvalue weighted by molar-refractivity contribution is 5.14. The zero-order valence-corrected chi connectivity index (χ0v) is 10.4. The molecule has 1 N–H and O–H groups in total. The number of benzene rings is 1. The van der Waals surface area contributed by atoms with Crippen LogP contribution in [-0.2, 0) is 11.2 Å². The van der Waals surface area contributed by atoms with Crippen LogP contribution in [0, 0.1) is 0 Å². The molecule has 2 nitrogen and oxygen atoms in total. The van der Waals surface area contributed by atoms with E-state index in [1.165, 1.54) is 12.0 Å². The van der Waals surface area contributed by atoms with E-state index >= 15 is 0 Å². The molecule has 1 rings (SSSR count). The maximum atomic E-state index is 5.60. The molecule has 2 heteroatoms. The van der Waals surface area contributed by atoms with Gasteiger partial charge in [0, 0.05) is 12.6 Å². The van der Waals surface area contributed by atoms with Gasteiger partial charge >= 0.3 is 0 Å². The normalized spacial score (nSPS) is 12.6. The lowest BCUT2D eigenvalue weighted by atomic mass is 10.2. The fourth-order valence-corrected chi connectivity index (χ4v) is 1.57. The second kappa shape index (κ2) is 8.31. The van der Waals surface area contributed by atoms with E-state index in [2.05, 4.69) is 36.5 Å². The van der Waals surface area contributed by atoms with Gasteiger partial charge in [-0.25, -0.2) is 0 Å². The van der Waals surface area contributed by atoms with Crippen molar-refractivity contribution in [1.82, 2.24) is 5.32 Å². The average molecular weight is 221 g/mol. The van der Waals surface area contributed by atoms with E-state index < -0.39 is 0 Å². The smallest absolute Gasteiger partial charge is 0.0506 e. The van der Waals surface area contributed by atoms with Crippen LogP contribution in [0.2, 0.25) is 0 Å². The molecule has 0 aliphatic heterocycles. The SMILES string of the molecule is CNC(C)CCCOCCc1ccccc1. The van der Waals surface area contributed by atoms with Gasteiger partial charge < -0.3 is 10.1 Å². The molecule has 1 unspecified atom stereocenters. The summed E-state index contributed by atoms with van der Waals surface area (Å²) < 4.78 is 5.60. The Hall–Kier alpha value is -0.860. The van der Waals surface area contributed by atoms with Gasteiger partial charge in [-0.2, -0.15) is 0 Å². The van der Waals surface area contributed by atoms with Crippen molar-refractivity contribution >= 4 is 0 Å². The first-order valence-corrected chi connectivity index (χ1v) is 6.12. The van der Waals surface area contributed by atoms with Gasteiger partial charge in [0.1, 0.15) is 0 Å². The van der Waals surface area contributed by atoms with Crippen molar-refractivity contribution in [2.45, 2.75) is 32.2 Å². The zero-order chi connectivity index (χ0) is 11.6. The van der Waals surface area contributed by atoms with Gasteiger partial charge in [-0.3, -0.25) is 0 Å². The molecule has 0 amide bonds. The van der Waals surface area contributed by atoms with Crippen LogP contribution in [0.25, 0.3) is 0 Å². The van der Waals surface area contributed by atoms with Crippen LogP contribution in [0.5, 0.6) is 0 Å². The molecule has 1 aromatic rings. The van der Waals surface area contributed by atoms with E-state index in [-0.39, 0.29) is 0 Å². The van der Waals surface area contributed by atoms with Gasteiger partial charge in [-0.05, 0) is 38.8 Å². The second-order valence-electron chi connectivity index (χ2n) is 4.18. The summed E-state index contributed by atoms with van der Waals surface area (Å²) >= 11 is 0. The standard InChI is InChI=1S/C14H23NO/c1-13(15-2)7-6-11-16-12-10-14-8-4-3-5-9-14/h3-5,8-9,13,15H,6-7,10-12H2,1-2H3. The lowest BCUT2D eigenvalue weighted by Crippen LogP contribution is -2.21. The van der Waals surface area contributed by atoms with Crippen LogP contribution in [0.4, 0.5) is 0 Å². The Balaban J connectivity index is 1.96. The van der Waals surface area contributed by atoms with Crippen LogP contribution in [0.1, 0.15) is 25.3 Å². The first-order valence-electron chi connectivity index (χ1n) is 6.12. The fourth-order valence-electron chi connectivity index (χ4n) is 1.57. The third-order valence-corrected chi connectivity index (χ3v) is 2.80. The molecule has 0 fully saturated rings. The quantitative estimate of drug-likeness (QED) is 0.681. The van der Waals surface area contributed by atoms with Crippen molar-refractivity contribution in [2.75, 3.05) is 20.3 Å². The first kappa shape index (κ1) is 13.2. The summed E-state index contributed by atoms with van der Waals surface area (Å²) in [6.45, 7) is 3.90. The molecule has 0 heterocycles. The second-order valence-corrected chi connectivity index (χ2v) is 4.18. The summed E-state index contributed by atoms with van der Waals surface area (Å²) in [6, 6.07) is 11.1. The van der Waals surface area contributed by atoms with Crippen molar-refractivity contribution < 1.29 is 4.74 Å². The molecule has 0 bridgehead atoms. The molecule has 90 valence electrons. The van der Waals surface area contributed by atoms with Crippen LogP contribution < -0.4 is 5.32 Å². The van der Waals surface area contributed by atoms with Crippen molar-refractivity contribution in [3.05, 3.63) is 35.9 Å². The molecule has 16 heavy (non-hydrogen) atoms. The molecule has 0 aliphatic carbocycles. The molecule has 0 spiro atoms. The molecule has 0 saturated heterocycles. The Morgan fingerprint density at radius 2 is 1.94 bits per heavy atom. The Morgan fingerprint density at radius 3 is 2.62 bits per heavy atom. The summed E-state index contributed by atoms with van der Waals surface area (Å²) in [5.74, 6) is 0. The summed E-state index contributed by atoms with van der Waals surface area (Å²) in [5.41, 5.74) is 1.35. The maximum Gasteiger partial charge on any atom is 0.0506 e. The van der Waals surface area contributed by atoms with E-state index in [1.807, 2.05) is 13.1 Å². The van der Waals surface area contributed by atoms with Crippen LogP contribution in [0.3, 0.4) is 0 Å². The van der Waals surface area contributed by atoms with E-state index in [4.69, 9.17) is 4.74 Å². The predicted octanol–water partition coefficient (Wildman–Crippen LogP) is 2.63. The van der Waals surface area contributed by atoms with Crippen molar-refractivity contribution in [1.29, 1.82) is 0 Å². The van der Waals surface area contributed by atoms with Crippen LogP contribution in [0.15, 0.2) is 30.3 Å². The number of hydrogen-bond donors (Lipinski definition) is 1. The Bertz CT molecular complexity index is 261. The van der Waals surface area contributed by atoms with Gasteiger partial charge in [0.25, 0.3) is 0 Å². The topological polar surface area (TPSA) is 21.3 Å². The van der Waals surface area contributed by atoms with E-state index in [1.54, 1.807) is 0 Å². The molecular formula is C14H23NO. The first-order chi connectivity index (χ1) is 7.83. The summed E-state index contributed by atoms with van der Waals surface area (Å²) in [4.78, 5) is 0. The summed E-state index contributed by atoms with van der Waals surface area (Å²) in [6.07, 6.45) is 3.33. The van der Waals surface area contributed by atoms with Gasteiger partial charge in [-0.15, -0.1) is 0 Å². The number of ether oxygens (including phenoxy) is 1. The van der Waals surface area contributed by atoms with E-state index in [0.29, 0.717) is 6.04 Å². The van der Waals surface area contributed by atoms with E-state index in [0.717, 1.165) is 26.1 Å². The Labute approximate surface area is 99.0 Å². The highest BCUT2D eigenvalue weighted by Crippen LogP contribution is 2.01. The number of hydrogen-bond acceptors (Lipinski definition) is 2. The van der Waals surface area contributed by atoms with E-state index in [9.17, 15) is 0 Å². The summed E-state index contributed by atoms with van der Waals surface area (Å²) in [5, 5.41) is 3.23. The molecular weight excluding hydrogens is 198 g/mol. The average Bonchev–Trinajstić information content (AvgIpc) is 2.34. The predicted molar refractivity (Wildman–Crippen MR) is 68.7 cm³/mol. The van der Waals surface area contributed by atoms with Crippen molar-refractivity contribution in [3.8, 4) is 0 Å². The third kappa shape index (κ3) is 5.89. The van der Waals surface area contributed by atoms with Crippen LogP contribution in [-0.4, -0.2) is 26.3 Å². The number of nitrogens with one attached hydrogen (secondary N) is 1.